The van der Waals surface area contributed by atoms with E-state index in [1.807, 2.05) is 13.0 Å². The third kappa shape index (κ3) is 7.19. The van der Waals surface area contributed by atoms with E-state index in [0.717, 1.165) is 5.56 Å². The van der Waals surface area contributed by atoms with Gasteiger partial charge in [0.25, 0.3) is 5.91 Å². The standard InChI is InChI=1S/C27H28Cl2FN3O4/c1-16-18(19-10-11-31-24(29)23(19)28)6-5-7-22(16)32-25(35)20-9-8-17(14-21(20)30)15-33(12-13-34)26(36)37-27(2,3)4/h5-11,14,34H,12-13,15H2,1-4H3,(H,32,35). The fourth-order valence-electron chi connectivity index (χ4n) is 3.62. The lowest BCUT2D eigenvalue weighted by Gasteiger charge is -2.27. The molecule has 2 N–H and O–H groups in total. The summed E-state index contributed by atoms with van der Waals surface area (Å²) in [7, 11) is 0. The summed E-state index contributed by atoms with van der Waals surface area (Å²) in [4.78, 5) is 30.6. The van der Waals surface area contributed by atoms with E-state index in [4.69, 9.17) is 27.9 Å². The van der Waals surface area contributed by atoms with Crippen LogP contribution in [0.1, 0.15) is 42.3 Å². The smallest absolute Gasteiger partial charge is 0.410 e. The van der Waals surface area contributed by atoms with Gasteiger partial charge in [0.15, 0.2) is 0 Å². The average Bonchev–Trinajstić information content (AvgIpc) is 2.81. The number of hydrogen-bond acceptors (Lipinski definition) is 5. The first-order valence-electron chi connectivity index (χ1n) is 11.5. The number of carbonyl (C=O) groups excluding carboxylic acids is 2. The molecule has 0 radical (unpaired) electrons. The van der Waals surface area contributed by atoms with Crippen LogP contribution >= 0.6 is 23.2 Å². The molecule has 0 saturated carbocycles. The lowest BCUT2D eigenvalue weighted by atomic mass is 9.99. The Morgan fingerprint density at radius 3 is 2.51 bits per heavy atom. The molecule has 0 saturated heterocycles. The molecular formula is C27H28Cl2FN3O4. The Hall–Kier alpha value is -3.20. The number of aromatic nitrogens is 1. The first-order chi connectivity index (χ1) is 17.4. The van der Waals surface area contributed by atoms with Gasteiger partial charge in [0.1, 0.15) is 16.6 Å². The number of pyridine rings is 1. The van der Waals surface area contributed by atoms with Crippen LogP contribution in [-0.2, 0) is 11.3 Å². The van der Waals surface area contributed by atoms with Crippen LogP contribution in [0.4, 0.5) is 14.9 Å². The minimum absolute atomic E-state index is 0.00466. The summed E-state index contributed by atoms with van der Waals surface area (Å²) in [5.41, 5.74) is 2.16. The summed E-state index contributed by atoms with van der Waals surface area (Å²) in [5.74, 6) is -1.39. The maximum absolute atomic E-state index is 15.0. The van der Waals surface area contributed by atoms with E-state index in [9.17, 15) is 19.1 Å². The summed E-state index contributed by atoms with van der Waals surface area (Å²) < 4.78 is 20.3. The van der Waals surface area contributed by atoms with E-state index in [1.54, 1.807) is 45.0 Å². The van der Waals surface area contributed by atoms with Crippen molar-refractivity contribution in [1.82, 2.24) is 9.88 Å². The molecule has 0 fully saturated rings. The van der Waals surface area contributed by atoms with Gasteiger partial charge in [-0.05, 0) is 68.7 Å². The second kappa shape index (κ2) is 11.9. The monoisotopic (exact) mass is 547 g/mol. The highest BCUT2D eigenvalue weighted by Crippen LogP contribution is 2.36. The molecule has 196 valence electrons. The number of rotatable bonds is 7. The van der Waals surface area contributed by atoms with Gasteiger partial charge in [-0.3, -0.25) is 4.79 Å². The molecule has 2 aromatic carbocycles. The first kappa shape index (κ1) is 28.4. The number of ether oxygens (including phenoxy) is 1. The molecule has 0 aliphatic heterocycles. The van der Waals surface area contributed by atoms with Crippen LogP contribution in [0.15, 0.2) is 48.7 Å². The van der Waals surface area contributed by atoms with Crippen LogP contribution < -0.4 is 5.32 Å². The highest BCUT2D eigenvalue weighted by atomic mass is 35.5. The first-order valence-corrected chi connectivity index (χ1v) is 12.3. The minimum atomic E-state index is -0.749. The van der Waals surface area contributed by atoms with Gasteiger partial charge in [-0.1, -0.05) is 41.4 Å². The number of halogens is 3. The zero-order chi connectivity index (χ0) is 27.3. The van der Waals surface area contributed by atoms with E-state index < -0.39 is 23.4 Å². The number of aliphatic hydroxyl groups excluding tert-OH is 1. The summed E-state index contributed by atoms with van der Waals surface area (Å²) >= 11 is 12.4. The van der Waals surface area contributed by atoms with E-state index >= 15 is 0 Å². The fraction of sp³-hybridized carbons (Fsp3) is 0.296. The van der Waals surface area contributed by atoms with Gasteiger partial charge in [-0.15, -0.1) is 0 Å². The van der Waals surface area contributed by atoms with Crippen molar-refractivity contribution in [3.8, 4) is 11.1 Å². The maximum atomic E-state index is 15.0. The van der Waals surface area contributed by atoms with Crippen LogP contribution in [0.3, 0.4) is 0 Å². The lowest BCUT2D eigenvalue weighted by Crippen LogP contribution is -2.38. The molecular weight excluding hydrogens is 520 g/mol. The average molecular weight is 548 g/mol. The van der Waals surface area contributed by atoms with Gasteiger partial charge >= 0.3 is 6.09 Å². The van der Waals surface area contributed by atoms with E-state index in [1.165, 1.54) is 23.2 Å². The maximum Gasteiger partial charge on any atom is 0.410 e. The second-order valence-corrected chi connectivity index (χ2v) is 10.1. The van der Waals surface area contributed by atoms with Crippen LogP contribution in [-0.4, -0.2) is 45.7 Å². The normalized spacial score (nSPS) is 11.2. The van der Waals surface area contributed by atoms with Crippen molar-refractivity contribution < 1.29 is 23.8 Å². The van der Waals surface area contributed by atoms with E-state index in [0.29, 0.717) is 27.4 Å². The number of nitrogens with one attached hydrogen (secondary N) is 1. The molecule has 0 spiro atoms. The van der Waals surface area contributed by atoms with Crippen LogP contribution in [0.2, 0.25) is 10.2 Å². The minimum Gasteiger partial charge on any atom is -0.444 e. The summed E-state index contributed by atoms with van der Waals surface area (Å²) in [6.07, 6.45) is 0.907. The number of amides is 2. The van der Waals surface area contributed by atoms with Crippen LogP contribution in [0.25, 0.3) is 11.1 Å². The Kier molecular flexibility index (Phi) is 9.12. The van der Waals surface area contributed by atoms with Crippen molar-refractivity contribution in [1.29, 1.82) is 0 Å². The Morgan fingerprint density at radius 1 is 1.14 bits per heavy atom. The molecule has 7 nitrogen and oxygen atoms in total. The number of aliphatic hydroxyl groups is 1. The topological polar surface area (TPSA) is 91.8 Å². The van der Waals surface area contributed by atoms with Gasteiger partial charge < -0.3 is 20.1 Å². The predicted molar refractivity (Wildman–Crippen MR) is 143 cm³/mol. The largest absolute Gasteiger partial charge is 0.444 e. The molecule has 2 amide bonds. The van der Waals surface area contributed by atoms with Gasteiger partial charge in [0.2, 0.25) is 0 Å². The summed E-state index contributed by atoms with van der Waals surface area (Å²) in [6.45, 7) is 6.73. The van der Waals surface area contributed by atoms with Crippen LogP contribution in [0.5, 0.6) is 0 Å². The van der Waals surface area contributed by atoms with Gasteiger partial charge in [0.05, 0.1) is 17.2 Å². The third-order valence-electron chi connectivity index (χ3n) is 5.39. The molecule has 0 bridgehead atoms. The van der Waals surface area contributed by atoms with Crippen molar-refractivity contribution in [2.45, 2.75) is 39.8 Å². The molecule has 10 heteroatoms. The zero-order valence-corrected chi connectivity index (χ0v) is 22.5. The van der Waals surface area contributed by atoms with E-state index in [-0.39, 0.29) is 30.4 Å². The van der Waals surface area contributed by atoms with Crippen molar-refractivity contribution >= 4 is 40.9 Å². The Balaban J connectivity index is 1.80. The van der Waals surface area contributed by atoms with Crippen LogP contribution in [0, 0.1) is 12.7 Å². The SMILES string of the molecule is Cc1c(NC(=O)c2ccc(CN(CCO)C(=O)OC(C)(C)C)cc2F)cccc1-c1ccnc(Cl)c1Cl. The zero-order valence-electron chi connectivity index (χ0n) is 20.9. The van der Waals surface area contributed by atoms with Gasteiger partial charge in [0, 0.05) is 30.5 Å². The molecule has 3 aromatic rings. The van der Waals surface area contributed by atoms with Gasteiger partial charge in [-0.2, -0.15) is 0 Å². The lowest BCUT2D eigenvalue weighted by molar-refractivity contribution is 0.0201. The molecule has 3 rings (SSSR count). The van der Waals surface area contributed by atoms with Crippen molar-refractivity contribution in [2.75, 3.05) is 18.5 Å². The Bertz CT molecular complexity index is 1310. The molecule has 0 atom stereocenters. The number of hydrogen-bond donors (Lipinski definition) is 2. The quantitative estimate of drug-likeness (QED) is 0.330. The number of carbonyl (C=O) groups is 2. The third-order valence-corrected chi connectivity index (χ3v) is 6.16. The molecule has 37 heavy (non-hydrogen) atoms. The van der Waals surface area contributed by atoms with Crippen molar-refractivity contribution in [3.63, 3.8) is 0 Å². The number of anilines is 1. The Morgan fingerprint density at radius 2 is 1.86 bits per heavy atom. The molecule has 1 heterocycles. The molecule has 1 aromatic heterocycles. The van der Waals surface area contributed by atoms with Crippen molar-refractivity contribution in [3.05, 3.63) is 81.3 Å². The predicted octanol–water partition coefficient (Wildman–Crippen LogP) is 6.48. The molecule has 0 aliphatic rings. The highest BCUT2D eigenvalue weighted by Gasteiger charge is 2.23. The number of nitrogens with zero attached hydrogens (tertiary/aromatic N) is 2. The highest BCUT2D eigenvalue weighted by molar-refractivity contribution is 6.43. The molecule has 0 aliphatic carbocycles. The van der Waals surface area contributed by atoms with Gasteiger partial charge in [-0.25, -0.2) is 14.2 Å². The number of benzene rings is 2. The van der Waals surface area contributed by atoms with E-state index in [2.05, 4.69) is 10.3 Å². The Labute approximate surface area is 225 Å². The summed E-state index contributed by atoms with van der Waals surface area (Å²) in [6, 6.07) is 11.1. The van der Waals surface area contributed by atoms with Crippen molar-refractivity contribution in [2.24, 2.45) is 0 Å². The molecule has 0 unspecified atom stereocenters. The second-order valence-electron chi connectivity index (χ2n) is 9.34. The fourth-order valence-corrected chi connectivity index (χ4v) is 3.99. The summed E-state index contributed by atoms with van der Waals surface area (Å²) in [5, 5.41) is 12.5.